The summed E-state index contributed by atoms with van der Waals surface area (Å²) >= 11 is 0. The smallest absolute Gasteiger partial charge is 0.157 e. The SMILES string of the molecule is O=S(=O)(Cc1ccc(F)cc1F)C[C@@H]1CCCO1. The van der Waals surface area contributed by atoms with Crippen LogP contribution in [0.3, 0.4) is 0 Å². The van der Waals surface area contributed by atoms with Crippen LogP contribution in [0.2, 0.25) is 0 Å². The first-order chi connectivity index (χ1) is 8.46. The fourth-order valence-electron chi connectivity index (χ4n) is 1.99. The van der Waals surface area contributed by atoms with Crippen LogP contribution in [0.15, 0.2) is 18.2 Å². The van der Waals surface area contributed by atoms with Gasteiger partial charge >= 0.3 is 0 Å². The molecular weight excluding hydrogens is 262 g/mol. The molecule has 3 nitrogen and oxygen atoms in total. The van der Waals surface area contributed by atoms with Crippen LogP contribution < -0.4 is 0 Å². The Morgan fingerprint density at radius 1 is 1.33 bits per heavy atom. The molecule has 1 heterocycles. The molecule has 1 aromatic carbocycles. The van der Waals surface area contributed by atoms with Crippen molar-refractivity contribution < 1.29 is 21.9 Å². The van der Waals surface area contributed by atoms with Crippen LogP contribution in [-0.2, 0) is 20.3 Å². The molecule has 0 unspecified atom stereocenters. The molecule has 0 N–H and O–H groups in total. The second-order valence-electron chi connectivity index (χ2n) is 4.43. The number of hydrogen-bond acceptors (Lipinski definition) is 3. The molecule has 1 aliphatic rings. The van der Waals surface area contributed by atoms with Crippen molar-refractivity contribution in [2.45, 2.75) is 24.7 Å². The average Bonchev–Trinajstić information content (AvgIpc) is 2.74. The second kappa shape index (κ2) is 5.32. The van der Waals surface area contributed by atoms with Crippen LogP contribution in [-0.4, -0.2) is 26.9 Å². The largest absolute Gasteiger partial charge is 0.377 e. The van der Waals surface area contributed by atoms with Gasteiger partial charge in [-0.1, -0.05) is 6.07 Å². The summed E-state index contributed by atoms with van der Waals surface area (Å²) in [6, 6.07) is 2.91. The maximum absolute atomic E-state index is 13.4. The van der Waals surface area contributed by atoms with E-state index < -0.39 is 27.2 Å². The van der Waals surface area contributed by atoms with Gasteiger partial charge in [0.25, 0.3) is 0 Å². The highest BCUT2D eigenvalue weighted by atomic mass is 32.2. The molecule has 1 fully saturated rings. The molecule has 0 radical (unpaired) electrons. The minimum Gasteiger partial charge on any atom is -0.377 e. The van der Waals surface area contributed by atoms with E-state index in [0.717, 1.165) is 18.6 Å². The Hall–Kier alpha value is -1.01. The molecular formula is C12H14F2O3S. The van der Waals surface area contributed by atoms with Crippen molar-refractivity contribution >= 4 is 9.84 Å². The van der Waals surface area contributed by atoms with Gasteiger partial charge < -0.3 is 4.74 Å². The second-order valence-corrected chi connectivity index (χ2v) is 6.53. The quantitative estimate of drug-likeness (QED) is 0.845. The normalized spacial score (nSPS) is 20.2. The minimum absolute atomic E-state index is 0.00519. The summed E-state index contributed by atoms with van der Waals surface area (Å²) in [5, 5.41) is 0. The van der Waals surface area contributed by atoms with Gasteiger partial charge in [-0.15, -0.1) is 0 Å². The van der Waals surface area contributed by atoms with E-state index in [9.17, 15) is 17.2 Å². The fourth-order valence-corrected chi connectivity index (χ4v) is 3.65. The number of rotatable bonds is 4. The van der Waals surface area contributed by atoms with Gasteiger partial charge in [0.05, 0.1) is 17.6 Å². The highest BCUT2D eigenvalue weighted by Gasteiger charge is 2.24. The molecule has 18 heavy (non-hydrogen) atoms. The van der Waals surface area contributed by atoms with E-state index in [-0.39, 0.29) is 17.4 Å². The molecule has 0 bridgehead atoms. The predicted octanol–water partition coefficient (Wildman–Crippen LogP) is 2.06. The summed E-state index contributed by atoms with van der Waals surface area (Å²) in [4.78, 5) is 0. The Balaban J connectivity index is 2.07. The van der Waals surface area contributed by atoms with Crippen molar-refractivity contribution in [1.29, 1.82) is 0 Å². The van der Waals surface area contributed by atoms with Crippen molar-refractivity contribution in [2.24, 2.45) is 0 Å². The van der Waals surface area contributed by atoms with Crippen LogP contribution in [0.5, 0.6) is 0 Å². The third kappa shape index (κ3) is 3.49. The lowest BCUT2D eigenvalue weighted by molar-refractivity contribution is 0.127. The molecule has 1 aromatic rings. The lowest BCUT2D eigenvalue weighted by atomic mass is 10.2. The number of ether oxygens (including phenoxy) is 1. The van der Waals surface area contributed by atoms with Gasteiger partial charge in [-0.3, -0.25) is 0 Å². The van der Waals surface area contributed by atoms with E-state index in [1.165, 1.54) is 0 Å². The standard InChI is InChI=1S/C12H14F2O3S/c13-10-4-3-9(12(14)6-10)7-18(15,16)8-11-2-1-5-17-11/h3-4,6,11H,1-2,5,7-8H2/t11-/m0/s1. The first kappa shape index (κ1) is 13.4. The molecule has 0 saturated carbocycles. The minimum atomic E-state index is -3.44. The molecule has 1 atom stereocenters. The topological polar surface area (TPSA) is 43.4 Å². The van der Waals surface area contributed by atoms with E-state index in [2.05, 4.69) is 0 Å². The summed E-state index contributed by atoms with van der Waals surface area (Å²) in [5.74, 6) is -2.07. The summed E-state index contributed by atoms with van der Waals surface area (Å²) in [6.45, 7) is 0.575. The van der Waals surface area contributed by atoms with Crippen LogP contribution in [0, 0.1) is 11.6 Å². The lowest BCUT2D eigenvalue weighted by Gasteiger charge is -2.10. The molecule has 2 rings (SSSR count). The zero-order valence-electron chi connectivity index (χ0n) is 9.73. The van der Waals surface area contributed by atoms with E-state index in [1.807, 2.05) is 0 Å². The van der Waals surface area contributed by atoms with Crippen molar-refractivity contribution in [3.63, 3.8) is 0 Å². The van der Waals surface area contributed by atoms with Gasteiger partial charge in [-0.2, -0.15) is 0 Å². The van der Waals surface area contributed by atoms with Gasteiger partial charge in [-0.25, -0.2) is 17.2 Å². The van der Waals surface area contributed by atoms with Crippen LogP contribution in [0.4, 0.5) is 8.78 Å². The number of benzene rings is 1. The Morgan fingerprint density at radius 2 is 2.11 bits per heavy atom. The highest BCUT2D eigenvalue weighted by Crippen LogP contribution is 2.18. The van der Waals surface area contributed by atoms with E-state index in [0.29, 0.717) is 19.1 Å². The van der Waals surface area contributed by atoms with Gasteiger partial charge in [0.15, 0.2) is 9.84 Å². The van der Waals surface area contributed by atoms with Crippen molar-refractivity contribution in [2.75, 3.05) is 12.4 Å². The first-order valence-electron chi connectivity index (χ1n) is 5.72. The summed E-state index contributed by atoms with van der Waals surface area (Å²) in [6.07, 6.45) is 1.27. The molecule has 0 aliphatic carbocycles. The monoisotopic (exact) mass is 276 g/mol. The van der Waals surface area contributed by atoms with Gasteiger partial charge in [0.2, 0.25) is 0 Å². The Morgan fingerprint density at radius 3 is 2.72 bits per heavy atom. The lowest BCUT2D eigenvalue weighted by Crippen LogP contribution is -2.21. The third-order valence-corrected chi connectivity index (χ3v) is 4.48. The van der Waals surface area contributed by atoms with E-state index >= 15 is 0 Å². The van der Waals surface area contributed by atoms with Gasteiger partial charge in [-0.05, 0) is 18.9 Å². The number of sulfone groups is 1. The maximum Gasteiger partial charge on any atom is 0.157 e. The van der Waals surface area contributed by atoms with Crippen molar-refractivity contribution in [1.82, 2.24) is 0 Å². The molecule has 100 valence electrons. The summed E-state index contributed by atoms with van der Waals surface area (Å²) in [5.41, 5.74) is -0.00519. The van der Waals surface area contributed by atoms with Crippen molar-refractivity contribution in [3.8, 4) is 0 Å². The summed E-state index contributed by atoms with van der Waals surface area (Å²) < 4.78 is 55.0. The Kier molecular flexibility index (Phi) is 3.97. The van der Waals surface area contributed by atoms with E-state index in [1.54, 1.807) is 0 Å². The highest BCUT2D eigenvalue weighted by molar-refractivity contribution is 7.90. The Bertz CT molecular complexity index is 522. The zero-order chi connectivity index (χ0) is 13.2. The molecule has 1 saturated heterocycles. The molecule has 0 spiro atoms. The predicted molar refractivity (Wildman–Crippen MR) is 62.8 cm³/mol. The van der Waals surface area contributed by atoms with Crippen LogP contribution in [0.25, 0.3) is 0 Å². The van der Waals surface area contributed by atoms with E-state index in [4.69, 9.17) is 4.74 Å². The number of hydrogen-bond donors (Lipinski definition) is 0. The van der Waals surface area contributed by atoms with Gasteiger partial charge in [0.1, 0.15) is 11.6 Å². The number of halogens is 2. The first-order valence-corrected chi connectivity index (χ1v) is 7.54. The molecule has 0 amide bonds. The molecule has 1 aliphatic heterocycles. The van der Waals surface area contributed by atoms with Gasteiger partial charge in [0, 0.05) is 18.2 Å². The Labute approximate surface area is 105 Å². The van der Waals surface area contributed by atoms with Crippen LogP contribution in [0.1, 0.15) is 18.4 Å². The molecule has 0 aromatic heterocycles. The van der Waals surface area contributed by atoms with Crippen molar-refractivity contribution in [3.05, 3.63) is 35.4 Å². The molecule has 6 heteroatoms. The maximum atomic E-state index is 13.4. The fraction of sp³-hybridized carbons (Fsp3) is 0.500. The third-order valence-electron chi connectivity index (χ3n) is 2.85. The van der Waals surface area contributed by atoms with Crippen LogP contribution >= 0.6 is 0 Å². The summed E-state index contributed by atoms with van der Waals surface area (Å²) in [7, 11) is -3.44. The zero-order valence-corrected chi connectivity index (χ0v) is 10.6. The average molecular weight is 276 g/mol.